The molecule has 0 saturated carbocycles. The Morgan fingerprint density at radius 1 is 0.917 bits per heavy atom. The van der Waals surface area contributed by atoms with E-state index in [1.807, 2.05) is 6.92 Å². The number of Topliss-reactive ketones (excluding diaryl/α,β-unsaturated/α-hetero) is 1. The molecular weight excluding hydrogens is 462 g/mol. The number of hydrogen-bond donors (Lipinski definition) is 2. The van der Waals surface area contributed by atoms with Crippen molar-refractivity contribution in [2.45, 2.75) is 19.9 Å². The molecule has 0 radical (unpaired) electrons. The third-order valence-electron chi connectivity index (χ3n) is 5.73. The topological polar surface area (TPSA) is 113 Å². The van der Waals surface area contributed by atoms with Crippen LogP contribution >= 0.6 is 0 Å². The van der Waals surface area contributed by atoms with Crippen molar-refractivity contribution >= 4 is 29.1 Å². The number of esters is 1. The van der Waals surface area contributed by atoms with E-state index >= 15 is 0 Å². The number of aromatic hydroxyl groups is 1. The maximum absolute atomic E-state index is 13.2. The van der Waals surface area contributed by atoms with Gasteiger partial charge in [0.1, 0.15) is 17.3 Å². The van der Waals surface area contributed by atoms with Gasteiger partial charge in [0.2, 0.25) is 0 Å². The highest BCUT2D eigenvalue weighted by atomic mass is 16.5. The third-order valence-corrected chi connectivity index (χ3v) is 5.73. The predicted octanol–water partition coefficient (Wildman–Crippen LogP) is 4.59. The summed E-state index contributed by atoms with van der Waals surface area (Å²) in [6.45, 7) is 4.25. The minimum atomic E-state index is -1.02. The molecule has 36 heavy (non-hydrogen) atoms. The van der Waals surface area contributed by atoms with Crippen LogP contribution in [0.15, 0.2) is 78.4 Å². The number of aliphatic hydroxyl groups is 1. The molecule has 0 aromatic heterocycles. The van der Waals surface area contributed by atoms with Crippen molar-refractivity contribution in [3.8, 4) is 11.5 Å². The Hall–Kier alpha value is -4.59. The summed E-state index contributed by atoms with van der Waals surface area (Å²) in [6.07, 6.45) is 0. The second kappa shape index (κ2) is 10.4. The summed E-state index contributed by atoms with van der Waals surface area (Å²) in [5, 5.41) is 21.3. The lowest BCUT2D eigenvalue weighted by atomic mass is 9.95. The van der Waals surface area contributed by atoms with E-state index in [-0.39, 0.29) is 23.7 Å². The number of phenols is 1. The Labute approximate surface area is 208 Å². The van der Waals surface area contributed by atoms with Crippen LogP contribution in [0, 0.1) is 0 Å². The van der Waals surface area contributed by atoms with Crippen molar-refractivity contribution < 1.29 is 34.1 Å². The van der Waals surface area contributed by atoms with Gasteiger partial charge in [0.15, 0.2) is 0 Å². The van der Waals surface area contributed by atoms with Crippen LogP contribution < -0.4 is 9.64 Å². The number of nitrogens with zero attached hydrogens (tertiary/aromatic N) is 1. The lowest BCUT2D eigenvalue weighted by Gasteiger charge is -2.25. The number of aliphatic hydroxyl groups excluding tert-OH is 1. The summed E-state index contributed by atoms with van der Waals surface area (Å²) in [5.74, 6) is -2.04. The fourth-order valence-electron chi connectivity index (χ4n) is 4.11. The fraction of sp³-hybridized carbons (Fsp3) is 0.179. The van der Waals surface area contributed by atoms with Gasteiger partial charge in [0.05, 0.1) is 30.4 Å². The van der Waals surface area contributed by atoms with E-state index < -0.39 is 23.7 Å². The zero-order valence-corrected chi connectivity index (χ0v) is 19.8. The standard InChI is InChI=1S/C28H25NO7/c1-3-35-22-14-10-17(11-15-22)25(31)23-24(19-6-5-7-21(30)16-19)29(27(33)26(23)32)20-12-8-18(9-13-20)28(34)36-4-2/h5-16,24,30-31H,3-4H2,1-2H3/b25-23+. The van der Waals surface area contributed by atoms with Gasteiger partial charge in [-0.2, -0.15) is 0 Å². The second-order valence-corrected chi connectivity index (χ2v) is 7.99. The number of phenolic OH excluding ortho intramolecular Hbond substituents is 1. The van der Waals surface area contributed by atoms with Crippen LogP contribution in [0.2, 0.25) is 0 Å². The average Bonchev–Trinajstić information content (AvgIpc) is 3.15. The molecule has 1 saturated heterocycles. The van der Waals surface area contributed by atoms with Crippen LogP contribution in [0.25, 0.3) is 5.76 Å². The van der Waals surface area contributed by atoms with Crippen molar-refractivity contribution in [1.29, 1.82) is 0 Å². The number of hydrogen-bond acceptors (Lipinski definition) is 7. The first-order chi connectivity index (χ1) is 17.3. The number of rotatable bonds is 7. The lowest BCUT2D eigenvalue weighted by molar-refractivity contribution is -0.132. The fourth-order valence-corrected chi connectivity index (χ4v) is 4.11. The number of benzene rings is 3. The molecule has 0 bridgehead atoms. The Morgan fingerprint density at radius 2 is 1.58 bits per heavy atom. The SMILES string of the molecule is CCOC(=O)c1ccc(N2C(=O)C(=O)/C(=C(/O)c3ccc(OCC)cc3)C2c2cccc(O)c2)cc1. The van der Waals surface area contributed by atoms with E-state index in [9.17, 15) is 24.6 Å². The van der Waals surface area contributed by atoms with Crippen LogP contribution in [-0.4, -0.2) is 41.1 Å². The molecule has 1 aliphatic rings. The van der Waals surface area contributed by atoms with Gasteiger partial charge in [0, 0.05) is 11.3 Å². The van der Waals surface area contributed by atoms with Gasteiger partial charge >= 0.3 is 5.97 Å². The van der Waals surface area contributed by atoms with Crippen LogP contribution in [0.4, 0.5) is 5.69 Å². The smallest absolute Gasteiger partial charge is 0.338 e. The number of carbonyl (C=O) groups excluding carboxylic acids is 3. The molecule has 3 aromatic rings. The first-order valence-electron chi connectivity index (χ1n) is 11.5. The first-order valence-corrected chi connectivity index (χ1v) is 11.5. The number of ether oxygens (including phenoxy) is 2. The largest absolute Gasteiger partial charge is 0.508 e. The normalized spacial score (nSPS) is 16.7. The maximum Gasteiger partial charge on any atom is 0.338 e. The molecule has 1 unspecified atom stereocenters. The molecule has 184 valence electrons. The molecule has 2 N–H and O–H groups in total. The van der Waals surface area contributed by atoms with Crippen molar-refractivity contribution in [3.63, 3.8) is 0 Å². The second-order valence-electron chi connectivity index (χ2n) is 7.99. The van der Waals surface area contributed by atoms with Crippen molar-refractivity contribution in [2.24, 2.45) is 0 Å². The zero-order valence-electron chi connectivity index (χ0n) is 19.8. The van der Waals surface area contributed by atoms with Gasteiger partial charge in [0.25, 0.3) is 11.7 Å². The van der Waals surface area contributed by atoms with Crippen LogP contribution in [0.5, 0.6) is 11.5 Å². The van der Waals surface area contributed by atoms with E-state index in [1.165, 1.54) is 41.3 Å². The third kappa shape index (κ3) is 4.65. The molecule has 1 amide bonds. The van der Waals surface area contributed by atoms with Crippen LogP contribution in [-0.2, 0) is 14.3 Å². The zero-order chi connectivity index (χ0) is 25.8. The highest BCUT2D eigenvalue weighted by Gasteiger charge is 2.47. The van der Waals surface area contributed by atoms with Crippen molar-refractivity contribution in [3.05, 3.63) is 95.1 Å². The van der Waals surface area contributed by atoms with E-state index in [0.29, 0.717) is 34.7 Å². The Morgan fingerprint density at radius 3 is 2.19 bits per heavy atom. The number of anilines is 1. The van der Waals surface area contributed by atoms with Gasteiger partial charge in [-0.05, 0) is 80.1 Å². The Bertz CT molecular complexity index is 1330. The van der Waals surface area contributed by atoms with Gasteiger partial charge in [-0.15, -0.1) is 0 Å². The minimum Gasteiger partial charge on any atom is -0.508 e. The molecule has 1 aliphatic heterocycles. The van der Waals surface area contributed by atoms with Gasteiger partial charge in [-0.1, -0.05) is 12.1 Å². The minimum absolute atomic E-state index is 0.0585. The van der Waals surface area contributed by atoms with E-state index in [4.69, 9.17) is 9.47 Å². The van der Waals surface area contributed by atoms with Crippen molar-refractivity contribution in [1.82, 2.24) is 0 Å². The van der Waals surface area contributed by atoms with Crippen LogP contribution in [0.1, 0.15) is 41.4 Å². The monoisotopic (exact) mass is 487 g/mol. The molecule has 8 heteroatoms. The molecule has 4 rings (SSSR count). The highest BCUT2D eigenvalue weighted by Crippen LogP contribution is 2.42. The summed E-state index contributed by atoms with van der Waals surface area (Å²) < 4.78 is 10.4. The Kier molecular flexibility index (Phi) is 7.05. The predicted molar refractivity (Wildman–Crippen MR) is 133 cm³/mol. The summed E-state index contributed by atoms with van der Waals surface area (Å²) in [5.41, 5.74) is 1.27. The number of ketones is 1. The van der Waals surface area contributed by atoms with Gasteiger partial charge < -0.3 is 19.7 Å². The van der Waals surface area contributed by atoms with E-state index in [0.717, 1.165) is 0 Å². The summed E-state index contributed by atoms with van der Waals surface area (Å²) >= 11 is 0. The molecule has 8 nitrogen and oxygen atoms in total. The molecule has 1 fully saturated rings. The average molecular weight is 488 g/mol. The quantitative estimate of drug-likeness (QED) is 0.217. The van der Waals surface area contributed by atoms with Gasteiger partial charge in [-0.3, -0.25) is 14.5 Å². The summed E-state index contributed by atoms with van der Waals surface area (Å²) in [6, 6.07) is 17.7. The molecular formula is C28H25NO7. The van der Waals surface area contributed by atoms with Gasteiger partial charge in [-0.25, -0.2) is 4.79 Å². The molecule has 0 spiro atoms. The molecule has 3 aromatic carbocycles. The number of amides is 1. The maximum atomic E-state index is 13.2. The van der Waals surface area contributed by atoms with Crippen molar-refractivity contribution in [2.75, 3.05) is 18.1 Å². The Balaban J connectivity index is 1.83. The summed E-state index contributed by atoms with van der Waals surface area (Å²) in [4.78, 5) is 39.8. The first kappa shape index (κ1) is 24.5. The molecule has 0 aliphatic carbocycles. The van der Waals surface area contributed by atoms with E-state index in [2.05, 4.69) is 0 Å². The molecule has 1 heterocycles. The highest BCUT2D eigenvalue weighted by molar-refractivity contribution is 6.51. The number of carbonyl (C=O) groups is 3. The van der Waals surface area contributed by atoms with Crippen LogP contribution in [0.3, 0.4) is 0 Å². The summed E-state index contributed by atoms with van der Waals surface area (Å²) in [7, 11) is 0. The molecule has 1 atom stereocenters. The lowest BCUT2D eigenvalue weighted by Crippen LogP contribution is -2.29. The van der Waals surface area contributed by atoms with E-state index in [1.54, 1.807) is 43.3 Å².